The van der Waals surface area contributed by atoms with Crippen LogP contribution in [0.4, 0.5) is 0 Å². The van der Waals surface area contributed by atoms with E-state index in [1.54, 1.807) is 11.3 Å². The lowest BCUT2D eigenvalue weighted by Crippen LogP contribution is -1.87. The second-order valence-corrected chi connectivity index (χ2v) is 4.16. The number of hydrogen-bond donors (Lipinski definition) is 0. The molecule has 0 unspecified atom stereocenters. The standard InChI is InChI=1S/C10H10N2S/c1-8-12-7-10(13-8)6-9-4-2-3-5-11-9/h2-5,7H,6H2,1H3. The topological polar surface area (TPSA) is 25.8 Å². The van der Waals surface area contributed by atoms with E-state index in [0.717, 1.165) is 17.1 Å². The molecule has 0 saturated heterocycles. The fraction of sp³-hybridized carbons (Fsp3) is 0.200. The van der Waals surface area contributed by atoms with Crippen molar-refractivity contribution in [2.45, 2.75) is 13.3 Å². The van der Waals surface area contributed by atoms with E-state index in [1.807, 2.05) is 37.5 Å². The van der Waals surface area contributed by atoms with Crippen LogP contribution in [-0.4, -0.2) is 9.97 Å². The Morgan fingerprint density at radius 1 is 1.31 bits per heavy atom. The van der Waals surface area contributed by atoms with Gasteiger partial charge in [0, 0.05) is 29.4 Å². The van der Waals surface area contributed by atoms with Crippen molar-refractivity contribution in [3.8, 4) is 0 Å². The first-order chi connectivity index (χ1) is 6.34. The number of rotatable bonds is 2. The third kappa shape index (κ3) is 2.12. The minimum Gasteiger partial charge on any atom is -0.261 e. The molecule has 0 spiro atoms. The van der Waals surface area contributed by atoms with Crippen molar-refractivity contribution >= 4 is 11.3 Å². The lowest BCUT2D eigenvalue weighted by molar-refractivity contribution is 1.09. The highest BCUT2D eigenvalue weighted by molar-refractivity contribution is 7.11. The molecule has 0 saturated carbocycles. The summed E-state index contributed by atoms with van der Waals surface area (Å²) < 4.78 is 0. The van der Waals surface area contributed by atoms with E-state index in [4.69, 9.17) is 0 Å². The summed E-state index contributed by atoms with van der Waals surface area (Å²) in [6.45, 7) is 2.02. The average molecular weight is 190 g/mol. The van der Waals surface area contributed by atoms with Gasteiger partial charge in [-0.1, -0.05) is 6.07 Å². The summed E-state index contributed by atoms with van der Waals surface area (Å²) in [4.78, 5) is 9.74. The van der Waals surface area contributed by atoms with Crippen LogP contribution >= 0.6 is 11.3 Å². The molecular formula is C10H10N2S. The molecule has 2 aromatic rings. The molecule has 0 radical (unpaired) electrons. The molecule has 0 aliphatic heterocycles. The van der Waals surface area contributed by atoms with E-state index in [0.29, 0.717) is 0 Å². The van der Waals surface area contributed by atoms with Crippen LogP contribution in [0.1, 0.15) is 15.6 Å². The maximum atomic E-state index is 4.26. The molecule has 0 fully saturated rings. The van der Waals surface area contributed by atoms with Gasteiger partial charge in [-0.25, -0.2) is 4.98 Å². The van der Waals surface area contributed by atoms with Crippen molar-refractivity contribution in [3.63, 3.8) is 0 Å². The van der Waals surface area contributed by atoms with Crippen LogP contribution in [0.15, 0.2) is 30.6 Å². The van der Waals surface area contributed by atoms with Crippen molar-refractivity contribution in [2.75, 3.05) is 0 Å². The van der Waals surface area contributed by atoms with Gasteiger partial charge in [-0.3, -0.25) is 4.98 Å². The first-order valence-electron chi connectivity index (χ1n) is 4.16. The molecule has 0 atom stereocenters. The predicted octanol–water partition coefficient (Wildman–Crippen LogP) is 2.44. The highest BCUT2D eigenvalue weighted by Gasteiger charge is 1.99. The molecule has 66 valence electrons. The van der Waals surface area contributed by atoms with Crippen LogP contribution in [0.3, 0.4) is 0 Å². The Bertz CT molecular complexity index is 381. The Kier molecular flexibility index (Phi) is 2.36. The monoisotopic (exact) mass is 190 g/mol. The number of nitrogens with zero attached hydrogens (tertiary/aromatic N) is 2. The van der Waals surface area contributed by atoms with Crippen LogP contribution in [0.25, 0.3) is 0 Å². The lowest BCUT2D eigenvalue weighted by Gasteiger charge is -1.94. The van der Waals surface area contributed by atoms with Crippen molar-refractivity contribution < 1.29 is 0 Å². The van der Waals surface area contributed by atoms with Gasteiger partial charge in [-0.15, -0.1) is 11.3 Å². The number of thiazole rings is 1. The van der Waals surface area contributed by atoms with Gasteiger partial charge in [0.15, 0.2) is 0 Å². The van der Waals surface area contributed by atoms with Crippen LogP contribution in [0.5, 0.6) is 0 Å². The molecule has 0 bridgehead atoms. The molecule has 2 rings (SSSR count). The largest absolute Gasteiger partial charge is 0.261 e. The number of aromatic nitrogens is 2. The molecule has 0 aliphatic rings. The molecular weight excluding hydrogens is 180 g/mol. The lowest BCUT2D eigenvalue weighted by atomic mass is 10.2. The molecule has 0 aromatic carbocycles. The smallest absolute Gasteiger partial charge is 0.0896 e. The van der Waals surface area contributed by atoms with Gasteiger partial charge in [0.25, 0.3) is 0 Å². The third-order valence-corrected chi connectivity index (χ3v) is 2.66. The summed E-state index contributed by atoms with van der Waals surface area (Å²) in [7, 11) is 0. The van der Waals surface area contributed by atoms with Crippen LogP contribution in [0, 0.1) is 6.92 Å². The molecule has 3 heteroatoms. The van der Waals surface area contributed by atoms with Crippen molar-refractivity contribution in [2.24, 2.45) is 0 Å². The Morgan fingerprint density at radius 3 is 2.85 bits per heavy atom. The second kappa shape index (κ2) is 3.66. The molecule has 0 aliphatic carbocycles. The van der Waals surface area contributed by atoms with E-state index in [-0.39, 0.29) is 0 Å². The maximum absolute atomic E-state index is 4.26. The second-order valence-electron chi connectivity index (χ2n) is 2.84. The van der Waals surface area contributed by atoms with Crippen molar-refractivity contribution in [1.82, 2.24) is 9.97 Å². The van der Waals surface area contributed by atoms with E-state index in [1.165, 1.54) is 4.88 Å². The Hall–Kier alpha value is -1.22. The Balaban J connectivity index is 2.15. The fourth-order valence-corrected chi connectivity index (χ4v) is 1.98. The number of aryl methyl sites for hydroxylation is 1. The first kappa shape index (κ1) is 8.38. The zero-order valence-electron chi connectivity index (χ0n) is 7.40. The summed E-state index contributed by atoms with van der Waals surface area (Å²) in [5, 5.41) is 1.12. The van der Waals surface area contributed by atoms with Gasteiger partial charge in [-0.05, 0) is 19.1 Å². The maximum Gasteiger partial charge on any atom is 0.0896 e. The summed E-state index contributed by atoms with van der Waals surface area (Å²) in [6, 6.07) is 5.98. The molecule has 2 nitrogen and oxygen atoms in total. The van der Waals surface area contributed by atoms with Crippen molar-refractivity contribution in [1.29, 1.82) is 0 Å². The molecule has 0 N–H and O–H groups in total. The van der Waals surface area contributed by atoms with Gasteiger partial charge in [0.1, 0.15) is 0 Å². The zero-order valence-corrected chi connectivity index (χ0v) is 8.21. The van der Waals surface area contributed by atoms with E-state index in [2.05, 4.69) is 9.97 Å². The molecule has 13 heavy (non-hydrogen) atoms. The average Bonchev–Trinajstić information content (AvgIpc) is 2.53. The zero-order chi connectivity index (χ0) is 9.10. The van der Waals surface area contributed by atoms with E-state index >= 15 is 0 Å². The summed E-state index contributed by atoms with van der Waals surface area (Å²) in [5.74, 6) is 0. The summed E-state index contributed by atoms with van der Waals surface area (Å²) in [6.07, 6.45) is 4.64. The van der Waals surface area contributed by atoms with E-state index in [9.17, 15) is 0 Å². The summed E-state index contributed by atoms with van der Waals surface area (Å²) >= 11 is 1.73. The molecule has 2 aromatic heterocycles. The highest BCUT2D eigenvalue weighted by Crippen LogP contribution is 2.14. The van der Waals surface area contributed by atoms with Crippen LogP contribution < -0.4 is 0 Å². The van der Waals surface area contributed by atoms with Gasteiger partial charge >= 0.3 is 0 Å². The molecule has 0 amide bonds. The van der Waals surface area contributed by atoms with Gasteiger partial charge < -0.3 is 0 Å². The van der Waals surface area contributed by atoms with E-state index < -0.39 is 0 Å². The minimum absolute atomic E-state index is 0.895. The number of hydrogen-bond acceptors (Lipinski definition) is 3. The summed E-state index contributed by atoms with van der Waals surface area (Å²) in [5.41, 5.74) is 1.10. The SMILES string of the molecule is Cc1ncc(Cc2ccccn2)s1. The van der Waals surface area contributed by atoms with Gasteiger partial charge in [-0.2, -0.15) is 0 Å². The third-order valence-electron chi connectivity index (χ3n) is 1.75. The minimum atomic E-state index is 0.895. The fourth-order valence-electron chi connectivity index (χ4n) is 1.17. The Morgan fingerprint density at radius 2 is 2.23 bits per heavy atom. The van der Waals surface area contributed by atoms with Gasteiger partial charge in [0.05, 0.1) is 5.01 Å². The van der Waals surface area contributed by atoms with Crippen LogP contribution in [-0.2, 0) is 6.42 Å². The molecule has 2 heterocycles. The quantitative estimate of drug-likeness (QED) is 0.727. The van der Waals surface area contributed by atoms with Crippen molar-refractivity contribution in [3.05, 3.63) is 46.2 Å². The van der Waals surface area contributed by atoms with Gasteiger partial charge in [0.2, 0.25) is 0 Å². The number of pyridine rings is 1. The Labute approximate surface area is 81.3 Å². The predicted molar refractivity (Wildman–Crippen MR) is 53.9 cm³/mol. The normalized spacial score (nSPS) is 10.2. The highest BCUT2D eigenvalue weighted by atomic mass is 32.1. The first-order valence-corrected chi connectivity index (χ1v) is 4.97. The van der Waals surface area contributed by atoms with Crippen LogP contribution in [0.2, 0.25) is 0 Å².